The van der Waals surface area contributed by atoms with Crippen LogP contribution >= 0.6 is 0 Å². The quantitative estimate of drug-likeness (QED) is 0.717. The van der Waals surface area contributed by atoms with Gasteiger partial charge in [0.1, 0.15) is 0 Å². The van der Waals surface area contributed by atoms with Crippen molar-refractivity contribution in [3.8, 4) is 0 Å². The van der Waals surface area contributed by atoms with Crippen molar-refractivity contribution in [1.29, 1.82) is 0 Å². The summed E-state index contributed by atoms with van der Waals surface area (Å²) in [7, 11) is -4.67. The van der Waals surface area contributed by atoms with Gasteiger partial charge in [0.2, 0.25) is 0 Å². The number of aryl methyl sites for hydroxylation is 3. The largest absolute Gasteiger partial charge is 0.394 e. The highest BCUT2D eigenvalue weighted by atomic mass is 32.3. The third-order valence-corrected chi connectivity index (χ3v) is 2.30. The molecule has 98 valence electrons. The lowest BCUT2D eigenvalue weighted by Crippen LogP contribution is -1.89. The van der Waals surface area contributed by atoms with Gasteiger partial charge in [0.15, 0.2) is 0 Å². The maximum Gasteiger partial charge on any atom is 0.394 e. The highest BCUT2D eigenvalue weighted by Crippen LogP contribution is 2.18. The van der Waals surface area contributed by atoms with Crippen LogP contribution in [0.15, 0.2) is 24.3 Å². The fourth-order valence-corrected chi connectivity index (χ4v) is 1.68. The number of hydrogen-bond acceptors (Lipinski definition) is 3. The van der Waals surface area contributed by atoms with Crippen molar-refractivity contribution in [3.63, 3.8) is 0 Å². The SMILES string of the molecule is Cc1ccc2nc(C)cc(C)c2c1.O=S(=O)(O)O. The minimum Gasteiger partial charge on any atom is -0.264 e. The molecule has 0 amide bonds. The first-order valence-corrected chi connectivity index (χ1v) is 6.61. The number of aromatic nitrogens is 1. The normalized spacial score (nSPS) is 10.9. The van der Waals surface area contributed by atoms with E-state index in [1.54, 1.807) is 0 Å². The average Bonchev–Trinajstić information content (AvgIpc) is 2.16. The zero-order valence-electron chi connectivity index (χ0n) is 10.4. The Morgan fingerprint density at radius 1 is 1.06 bits per heavy atom. The fraction of sp³-hybridized carbons (Fsp3) is 0.250. The smallest absolute Gasteiger partial charge is 0.264 e. The molecule has 0 atom stereocenters. The van der Waals surface area contributed by atoms with Crippen LogP contribution in [0.2, 0.25) is 0 Å². The molecule has 18 heavy (non-hydrogen) atoms. The number of fused-ring (bicyclic) bond motifs is 1. The molecule has 2 aromatic rings. The zero-order chi connectivity index (χ0) is 13.9. The minimum absolute atomic E-state index is 1.09. The van der Waals surface area contributed by atoms with Crippen LogP contribution in [0.5, 0.6) is 0 Å². The highest BCUT2D eigenvalue weighted by molar-refractivity contribution is 7.79. The fourth-order valence-electron chi connectivity index (χ4n) is 1.68. The van der Waals surface area contributed by atoms with Crippen molar-refractivity contribution in [2.75, 3.05) is 0 Å². The molecule has 1 heterocycles. The predicted octanol–water partition coefficient (Wildman–Crippen LogP) is 2.51. The van der Waals surface area contributed by atoms with Gasteiger partial charge >= 0.3 is 10.4 Å². The molecule has 0 saturated carbocycles. The summed E-state index contributed by atoms with van der Waals surface area (Å²) in [6, 6.07) is 8.51. The Bertz CT molecular complexity index is 657. The molecular formula is C12H15NO4S. The number of pyridine rings is 1. The maximum atomic E-state index is 8.74. The molecule has 0 spiro atoms. The van der Waals surface area contributed by atoms with Crippen LogP contribution in [0.25, 0.3) is 10.9 Å². The summed E-state index contributed by atoms with van der Waals surface area (Å²) in [4.78, 5) is 4.48. The van der Waals surface area contributed by atoms with Crippen LogP contribution in [0, 0.1) is 20.8 Å². The summed E-state index contributed by atoms with van der Waals surface area (Å²) >= 11 is 0. The van der Waals surface area contributed by atoms with E-state index >= 15 is 0 Å². The monoisotopic (exact) mass is 269 g/mol. The van der Waals surface area contributed by atoms with Gasteiger partial charge in [-0.05, 0) is 44.5 Å². The van der Waals surface area contributed by atoms with Crippen molar-refractivity contribution >= 4 is 21.3 Å². The summed E-state index contributed by atoms with van der Waals surface area (Å²) in [5.74, 6) is 0. The molecule has 1 aromatic carbocycles. The standard InChI is InChI=1S/C12H13N.H2O4S/c1-8-4-5-12-11(6-8)9(2)7-10(3)13-12;1-5(2,3)4/h4-7H,1-3H3;(H2,1,2,3,4). The molecule has 0 aliphatic heterocycles. The van der Waals surface area contributed by atoms with Crippen LogP contribution < -0.4 is 0 Å². The van der Waals surface area contributed by atoms with Crippen LogP contribution in [-0.2, 0) is 10.4 Å². The first kappa shape index (κ1) is 14.6. The number of nitrogens with zero attached hydrogens (tertiary/aromatic N) is 1. The van der Waals surface area contributed by atoms with E-state index < -0.39 is 10.4 Å². The second-order valence-electron chi connectivity index (χ2n) is 4.05. The van der Waals surface area contributed by atoms with Crippen molar-refractivity contribution in [2.24, 2.45) is 0 Å². The predicted molar refractivity (Wildman–Crippen MR) is 70.1 cm³/mol. The number of hydrogen-bond donors (Lipinski definition) is 2. The van der Waals surface area contributed by atoms with E-state index in [1.807, 2.05) is 6.92 Å². The van der Waals surface area contributed by atoms with Crippen molar-refractivity contribution in [2.45, 2.75) is 20.8 Å². The first-order chi connectivity index (χ1) is 8.16. The molecule has 6 heteroatoms. The van der Waals surface area contributed by atoms with E-state index in [0.29, 0.717) is 0 Å². The van der Waals surface area contributed by atoms with E-state index in [0.717, 1.165) is 11.2 Å². The molecule has 0 fully saturated rings. The molecule has 5 nitrogen and oxygen atoms in total. The van der Waals surface area contributed by atoms with Gasteiger partial charge in [-0.3, -0.25) is 14.1 Å². The summed E-state index contributed by atoms with van der Waals surface area (Å²) in [6.45, 7) is 6.28. The molecule has 0 aliphatic carbocycles. The van der Waals surface area contributed by atoms with Gasteiger partial charge < -0.3 is 0 Å². The molecule has 0 saturated heterocycles. The van der Waals surface area contributed by atoms with E-state index in [-0.39, 0.29) is 0 Å². The second kappa shape index (κ2) is 5.43. The van der Waals surface area contributed by atoms with Gasteiger partial charge in [-0.15, -0.1) is 0 Å². The molecule has 2 N–H and O–H groups in total. The second-order valence-corrected chi connectivity index (χ2v) is 4.94. The Morgan fingerprint density at radius 3 is 2.17 bits per heavy atom. The van der Waals surface area contributed by atoms with E-state index in [4.69, 9.17) is 17.5 Å². The molecule has 0 aliphatic rings. The molecule has 0 bridgehead atoms. The summed E-state index contributed by atoms with van der Waals surface area (Å²) < 4.78 is 31.6. The van der Waals surface area contributed by atoms with Gasteiger partial charge in [-0.25, -0.2) is 0 Å². The number of benzene rings is 1. The van der Waals surface area contributed by atoms with Gasteiger partial charge in [0.05, 0.1) is 5.52 Å². The van der Waals surface area contributed by atoms with Gasteiger partial charge in [-0.1, -0.05) is 11.6 Å². The lowest BCUT2D eigenvalue weighted by atomic mass is 10.1. The summed E-state index contributed by atoms with van der Waals surface area (Å²) in [5.41, 5.74) is 4.80. The zero-order valence-corrected chi connectivity index (χ0v) is 11.2. The van der Waals surface area contributed by atoms with E-state index in [2.05, 4.69) is 43.1 Å². The van der Waals surface area contributed by atoms with E-state index in [9.17, 15) is 0 Å². The molecule has 0 unspecified atom stereocenters. The molecule has 2 rings (SSSR count). The Balaban J connectivity index is 0.000000280. The topological polar surface area (TPSA) is 87.5 Å². The Labute approximate surface area is 106 Å². The average molecular weight is 269 g/mol. The third-order valence-electron chi connectivity index (χ3n) is 2.30. The van der Waals surface area contributed by atoms with Gasteiger partial charge in [-0.2, -0.15) is 8.42 Å². The lowest BCUT2D eigenvalue weighted by Gasteiger charge is -2.03. The Kier molecular flexibility index (Phi) is 4.39. The van der Waals surface area contributed by atoms with Crippen molar-refractivity contribution < 1.29 is 17.5 Å². The summed E-state index contributed by atoms with van der Waals surface area (Å²) in [6.07, 6.45) is 0. The van der Waals surface area contributed by atoms with Gasteiger partial charge in [0, 0.05) is 11.1 Å². The molecular weight excluding hydrogens is 254 g/mol. The third kappa shape index (κ3) is 4.79. The Hall–Kier alpha value is -1.50. The lowest BCUT2D eigenvalue weighted by molar-refractivity contribution is 0.381. The van der Waals surface area contributed by atoms with E-state index in [1.165, 1.54) is 16.5 Å². The Morgan fingerprint density at radius 2 is 1.61 bits per heavy atom. The van der Waals surface area contributed by atoms with Crippen LogP contribution in [0.3, 0.4) is 0 Å². The molecule has 1 aromatic heterocycles. The molecule has 0 radical (unpaired) electrons. The minimum atomic E-state index is -4.67. The van der Waals surface area contributed by atoms with Crippen LogP contribution in [0.1, 0.15) is 16.8 Å². The van der Waals surface area contributed by atoms with Crippen molar-refractivity contribution in [3.05, 3.63) is 41.1 Å². The van der Waals surface area contributed by atoms with Crippen LogP contribution in [-0.4, -0.2) is 22.5 Å². The van der Waals surface area contributed by atoms with Gasteiger partial charge in [0.25, 0.3) is 0 Å². The number of rotatable bonds is 0. The van der Waals surface area contributed by atoms with Crippen molar-refractivity contribution in [1.82, 2.24) is 4.98 Å². The van der Waals surface area contributed by atoms with Crippen LogP contribution in [0.4, 0.5) is 0 Å². The summed E-state index contributed by atoms with van der Waals surface area (Å²) in [5, 5.41) is 1.27. The highest BCUT2D eigenvalue weighted by Gasteiger charge is 1.99. The first-order valence-electron chi connectivity index (χ1n) is 5.21. The maximum absolute atomic E-state index is 8.74.